The van der Waals surface area contributed by atoms with Gasteiger partial charge in [-0.3, -0.25) is 0 Å². The van der Waals surface area contributed by atoms with Crippen molar-refractivity contribution in [3.63, 3.8) is 0 Å². The summed E-state index contributed by atoms with van der Waals surface area (Å²) < 4.78 is 16.4. The Bertz CT molecular complexity index is 974. The van der Waals surface area contributed by atoms with Crippen LogP contribution < -0.4 is 14.4 Å². The number of hydrogen-bond donors (Lipinski definition) is 0. The van der Waals surface area contributed by atoms with Crippen molar-refractivity contribution in [3.8, 4) is 18.0 Å². The van der Waals surface area contributed by atoms with Crippen molar-refractivity contribution in [2.75, 3.05) is 19.1 Å². The molecular weight excluding hydrogens is 384 g/mol. The van der Waals surface area contributed by atoms with Crippen molar-refractivity contribution in [3.05, 3.63) is 34.9 Å². The third-order valence-corrected chi connectivity index (χ3v) is 4.06. The van der Waals surface area contributed by atoms with E-state index in [0.717, 1.165) is 5.56 Å². The van der Waals surface area contributed by atoms with Crippen molar-refractivity contribution in [2.24, 2.45) is 0 Å². The first-order chi connectivity index (χ1) is 14.0. The van der Waals surface area contributed by atoms with Gasteiger partial charge >= 0.3 is 12.1 Å². The van der Waals surface area contributed by atoms with Gasteiger partial charge in [0.25, 0.3) is 0 Å². The van der Waals surface area contributed by atoms with Crippen molar-refractivity contribution in [2.45, 2.75) is 53.1 Å². The molecule has 30 heavy (non-hydrogen) atoms. The van der Waals surface area contributed by atoms with Gasteiger partial charge in [0.2, 0.25) is 5.88 Å². The second kappa shape index (κ2) is 8.99. The highest BCUT2D eigenvalue weighted by atomic mass is 16.6. The summed E-state index contributed by atoms with van der Waals surface area (Å²) in [5.41, 5.74) is 1.56. The Labute approximate surface area is 177 Å². The van der Waals surface area contributed by atoms with Gasteiger partial charge in [-0.2, -0.15) is 15.2 Å². The molecule has 1 amide bonds. The number of amides is 1. The minimum atomic E-state index is -0.740. The van der Waals surface area contributed by atoms with Gasteiger partial charge in [0.15, 0.2) is 5.82 Å². The summed E-state index contributed by atoms with van der Waals surface area (Å²) in [5.74, 6) is 0.497. The van der Waals surface area contributed by atoms with Crippen LogP contribution in [-0.2, 0) is 4.74 Å². The molecule has 0 unspecified atom stereocenters. The summed E-state index contributed by atoms with van der Waals surface area (Å²) in [5, 5.41) is 9.42. The summed E-state index contributed by atoms with van der Waals surface area (Å²) in [6.07, 6.45) is -0.637. The van der Waals surface area contributed by atoms with E-state index in [9.17, 15) is 10.1 Å². The van der Waals surface area contributed by atoms with Crippen LogP contribution in [0.15, 0.2) is 18.2 Å². The highest BCUT2D eigenvalue weighted by molar-refractivity contribution is 5.96. The number of aromatic nitrogens is 2. The minimum absolute atomic E-state index is 0.0490. The molecule has 0 bridgehead atoms. The number of carbonyl (C=O) groups is 1. The highest BCUT2D eigenvalue weighted by Crippen LogP contribution is 2.39. The van der Waals surface area contributed by atoms with Gasteiger partial charge < -0.3 is 14.2 Å². The van der Waals surface area contributed by atoms with E-state index >= 15 is 0 Å². The maximum Gasteiger partial charge on any atom is 0.420 e. The fourth-order valence-electron chi connectivity index (χ4n) is 2.92. The molecule has 0 saturated heterocycles. The molecule has 0 aliphatic heterocycles. The fraction of sp³-hybridized carbons (Fsp3) is 0.455. The second-order valence-electron chi connectivity index (χ2n) is 8.10. The molecule has 0 spiro atoms. The molecule has 1 aromatic heterocycles. The van der Waals surface area contributed by atoms with Crippen LogP contribution in [0.3, 0.4) is 0 Å². The predicted molar refractivity (Wildman–Crippen MR) is 113 cm³/mol. The average Bonchev–Trinajstić information content (AvgIpc) is 2.65. The predicted octanol–water partition coefficient (Wildman–Crippen LogP) is 4.87. The SMILES string of the molecule is COc1nc(OC)c(C(C)C)c(N(C(=O)OC(C)(C)C)c2cc(C)cc(C#N)c2)n1. The van der Waals surface area contributed by atoms with Crippen LogP contribution in [0.2, 0.25) is 0 Å². The second-order valence-corrected chi connectivity index (χ2v) is 8.10. The van der Waals surface area contributed by atoms with Crippen LogP contribution in [0, 0.1) is 18.3 Å². The molecule has 0 fully saturated rings. The van der Waals surface area contributed by atoms with Crippen molar-refractivity contribution >= 4 is 17.6 Å². The van der Waals surface area contributed by atoms with Gasteiger partial charge in [-0.05, 0) is 57.4 Å². The number of methoxy groups -OCH3 is 2. The molecule has 0 aliphatic rings. The Morgan fingerprint density at radius 1 is 1.13 bits per heavy atom. The van der Waals surface area contributed by atoms with E-state index < -0.39 is 11.7 Å². The minimum Gasteiger partial charge on any atom is -0.481 e. The number of carbonyl (C=O) groups excluding carboxylic acids is 1. The number of anilines is 2. The lowest BCUT2D eigenvalue weighted by Crippen LogP contribution is -2.35. The number of benzene rings is 1. The van der Waals surface area contributed by atoms with Crippen molar-refractivity contribution in [1.29, 1.82) is 5.26 Å². The molecule has 2 aromatic rings. The van der Waals surface area contributed by atoms with Crippen LogP contribution in [0.4, 0.5) is 16.3 Å². The smallest absolute Gasteiger partial charge is 0.420 e. The van der Waals surface area contributed by atoms with Gasteiger partial charge in [0.1, 0.15) is 5.60 Å². The number of ether oxygens (including phenoxy) is 3. The molecule has 0 saturated carbocycles. The summed E-state index contributed by atoms with van der Waals surface area (Å²) in [4.78, 5) is 23.4. The van der Waals surface area contributed by atoms with E-state index in [1.54, 1.807) is 39.0 Å². The van der Waals surface area contributed by atoms with E-state index in [4.69, 9.17) is 14.2 Å². The third-order valence-electron chi connectivity index (χ3n) is 4.06. The van der Waals surface area contributed by atoms with Gasteiger partial charge in [-0.1, -0.05) is 13.8 Å². The third kappa shape index (κ3) is 5.17. The Morgan fingerprint density at radius 2 is 1.80 bits per heavy atom. The first-order valence-corrected chi connectivity index (χ1v) is 9.55. The zero-order valence-electron chi connectivity index (χ0n) is 18.7. The van der Waals surface area contributed by atoms with E-state index in [1.165, 1.54) is 19.1 Å². The zero-order chi connectivity index (χ0) is 22.6. The molecular formula is C22H28N4O4. The zero-order valence-corrected chi connectivity index (χ0v) is 18.7. The summed E-state index contributed by atoms with van der Waals surface area (Å²) in [6, 6.07) is 7.31. The monoisotopic (exact) mass is 412 g/mol. The van der Waals surface area contributed by atoms with E-state index in [1.807, 2.05) is 20.8 Å². The first-order valence-electron chi connectivity index (χ1n) is 9.55. The lowest BCUT2D eigenvalue weighted by atomic mass is 10.0. The lowest BCUT2D eigenvalue weighted by molar-refractivity contribution is 0.0597. The summed E-state index contributed by atoms with van der Waals surface area (Å²) in [7, 11) is 2.93. The Balaban J connectivity index is 2.85. The van der Waals surface area contributed by atoms with Gasteiger partial charge in [-0.15, -0.1) is 0 Å². The van der Waals surface area contributed by atoms with Crippen LogP contribution >= 0.6 is 0 Å². The number of rotatable bonds is 5. The quantitative estimate of drug-likeness (QED) is 0.691. The maximum absolute atomic E-state index is 13.3. The Kier molecular flexibility index (Phi) is 6.88. The number of aryl methyl sites for hydroxylation is 1. The largest absolute Gasteiger partial charge is 0.481 e. The number of nitriles is 1. The molecule has 0 N–H and O–H groups in total. The molecule has 1 heterocycles. The fourth-order valence-corrected chi connectivity index (χ4v) is 2.92. The average molecular weight is 412 g/mol. The normalized spacial score (nSPS) is 11.1. The van der Waals surface area contributed by atoms with Crippen molar-refractivity contribution in [1.82, 2.24) is 9.97 Å². The van der Waals surface area contributed by atoms with Crippen molar-refractivity contribution < 1.29 is 19.0 Å². The summed E-state index contributed by atoms with van der Waals surface area (Å²) >= 11 is 0. The molecule has 160 valence electrons. The van der Waals surface area contributed by atoms with Crippen LogP contribution in [-0.4, -0.2) is 35.9 Å². The van der Waals surface area contributed by atoms with Gasteiger partial charge in [0.05, 0.1) is 37.1 Å². The standard InChI is InChI=1S/C22H28N4O4/c1-13(2)17-18(24-20(29-8)25-19(17)28-7)26(21(27)30-22(4,5)6)16-10-14(3)9-15(11-16)12-23/h9-11,13H,1-8H3. The molecule has 0 aliphatic carbocycles. The van der Waals surface area contributed by atoms with E-state index in [0.29, 0.717) is 22.7 Å². The van der Waals surface area contributed by atoms with Crippen LogP contribution in [0.5, 0.6) is 11.9 Å². The summed E-state index contributed by atoms with van der Waals surface area (Å²) in [6.45, 7) is 11.1. The molecule has 2 rings (SSSR count). The molecule has 8 nitrogen and oxygen atoms in total. The molecule has 0 atom stereocenters. The highest BCUT2D eigenvalue weighted by Gasteiger charge is 2.31. The van der Waals surface area contributed by atoms with Gasteiger partial charge in [-0.25, -0.2) is 9.69 Å². The first kappa shape index (κ1) is 22.9. The molecule has 1 aromatic carbocycles. The van der Waals surface area contributed by atoms with Crippen LogP contribution in [0.1, 0.15) is 57.2 Å². The maximum atomic E-state index is 13.3. The van der Waals surface area contributed by atoms with E-state index in [2.05, 4.69) is 16.0 Å². The Morgan fingerprint density at radius 3 is 2.30 bits per heavy atom. The Hall–Kier alpha value is -3.34. The molecule has 8 heteroatoms. The lowest BCUT2D eigenvalue weighted by Gasteiger charge is -2.29. The van der Waals surface area contributed by atoms with Crippen LogP contribution in [0.25, 0.3) is 0 Å². The van der Waals surface area contributed by atoms with E-state index in [-0.39, 0.29) is 17.7 Å². The van der Waals surface area contributed by atoms with Gasteiger partial charge in [0, 0.05) is 0 Å². The number of hydrogen-bond acceptors (Lipinski definition) is 7. The number of nitrogens with zero attached hydrogens (tertiary/aromatic N) is 4. The molecule has 0 radical (unpaired) electrons. The topological polar surface area (TPSA) is 97.6 Å².